The lowest BCUT2D eigenvalue weighted by Gasteiger charge is -2.20. The van der Waals surface area contributed by atoms with Crippen molar-refractivity contribution in [2.24, 2.45) is 0 Å². The normalized spacial score (nSPS) is 12.7. The molecule has 0 saturated heterocycles. The molecule has 0 aliphatic heterocycles. The van der Waals surface area contributed by atoms with E-state index in [2.05, 4.69) is 43.5 Å². The molecular weight excluding hydrogens is 1050 g/mol. The second kappa shape index (κ2) is 75.5. The van der Waals surface area contributed by atoms with E-state index in [4.69, 9.17) is 4.74 Å². The van der Waals surface area contributed by atoms with E-state index in [-0.39, 0.29) is 18.5 Å². The first-order chi connectivity index (χ1) is 42.5. The maximum absolute atomic E-state index is 12.5. The lowest BCUT2D eigenvalue weighted by atomic mass is 10.0. The Morgan fingerprint density at radius 1 is 0.314 bits per heavy atom. The van der Waals surface area contributed by atoms with Crippen molar-refractivity contribution in [1.82, 2.24) is 5.32 Å². The summed E-state index contributed by atoms with van der Waals surface area (Å²) >= 11 is 0. The van der Waals surface area contributed by atoms with Crippen LogP contribution in [-0.2, 0) is 14.3 Å². The predicted octanol–water partition coefficient (Wildman–Crippen LogP) is 25.8. The van der Waals surface area contributed by atoms with E-state index < -0.39 is 12.1 Å². The summed E-state index contributed by atoms with van der Waals surface area (Å²) in [6, 6.07) is -0.626. The number of esters is 1. The maximum Gasteiger partial charge on any atom is 0.305 e. The molecule has 0 spiro atoms. The van der Waals surface area contributed by atoms with Crippen LogP contribution in [0.25, 0.3) is 0 Å². The zero-order valence-corrected chi connectivity index (χ0v) is 58.3. The van der Waals surface area contributed by atoms with Crippen LogP contribution in [0.1, 0.15) is 438 Å². The van der Waals surface area contributed by atoms with Gasteiger partial charge in [0.2, 0.25) is 5.91 Å². The van der Waals surface area contributed by atoms with Crippen molar-refractivity contribution in [3.63, 3.8) is 0 Å². The first-order valence-electron chi connectivity index (χ1n) is 39.3. The number of rotatable bonds is 74. The lowest BCUT2D eigenvalue weighted by molar-refractivity contribution is -0.143. The number of aliphatic hydroxyl groups excluding tert-OH is 2. The highest BCUT2D eigenvalue weighted by Gasteiger charge is 2.18. The van der Waals surface area contributed by atoms with Gasteiger partial charge in [0.1, 0.15) is 0 Å². The minimum absolute atomic E-state index is 0.0113. The molecule has 0 heterocycles. The molecule has 0 aromatic heterocycles. The van der Waals surface area contributed by atoms with Crippen molar-refractivity contribution in [3.05, 3.63) is 36.5 Å². The Balaban J connectivity index is 3.37. The Bertz CT molecular complexity index is 1390. The van der Waals surface area contributed by atoms with Crippen LogP contribution in [0.2, 0.25) is 0 Å². The minimum Gasteiger partial charge on any atom is -0.466 e. The van der Waals surface area contributed by atoms with E-state index in [1.54, 1.807) is 6.08 Å². The summed E-state index contributed by atoms with van der Waals surface area (Å²) in [5.74, 6) is -0.0487. The fraction of sp³-hybridized carbons (Fsp3) is 0.900. The highest BCUT2D eigenvalue weighted by Crippen LogP contribution is 2.19. The van der Waals surface area contributed by atoms with Crippen LogP contribution in [0, 0.1) is 0 Å². The zero-order valence-electron chi connectivity index (χ0n) is 58.3. The van der Waals surface area contributed by atoms with Gasteiger partial charge in [-0.3, -0.25) is 9.59 Å². The van der Waals surface area contributed by atoms with Crippen LogP contribution in [0.5, 0.6) is 0 Å². The van der Waals surface area contributed by atoms with E-state index in [0.717, 1.165) is 44.9 Å². The lowest BCUT2D eigenvalue weighted by Crippen LogP contribution is -2.45. The zero-order chi connectivity index (χ0) is 62.0. The molecule has 1 amide bonds. The number of ether oxygens (including phenoxy) is 1. The number of carbonyl (C=O) groups excluding carboxylic acids is 2. The molecule has 2 atom stereocenters. The van der Waals surface area contributed by atoms with Crippen molar-refractivity contribution in [1.29, 1.82) is 0 Å². The molecule has 0 rings (SSSR count). The van der Waals surface area contributed by atoms with Crippen LogP contribution in [-0.4, -0.2) is 47.4 Å². The van der Waals surface area contributed by atoms with Crippen molar-refractivity contribution >= 4 is 11.9 Å². The summed E-state index contributed by atoms with van der Waals surface area (Å²) in [7, 11) is 0. The van der Waals surface area contributed by atoms with E-state index in [1.807, 2.05) is 6.08 Å². The Morgan fingerprint density at radius 3 is 0.837 bits per heavy atom. The van der Waals surface area contributed by atoms with E-state index in [1.165, 1.54) is 366 Å². The third-order valence-corrected chi connectivity index (χ3v) is 18.4. The number of hydrogen-bond donors (Lipinski definition) is 3. The molecule has 6 heteroatoms. The van der Waals surface area contributed by atoms with Crippen LogP contribution >= 0.6 is 0 Å². The first kappa shape index (κ1) is 84.1. The third-order valence-electron chi connectivity index (χ3n) is 18.4. The molecule has 0 aromatic rings. The molecule has 0 aliphatic carbocycles. The van der Waals surface area contributed by atoms with Gasteiger partial charge < -0.3 is 20.3 Å². The summed E-state index contributed by atoms with van der Waals surface area (Å²) in [6.07, 6.45) is 98.4. The monoisotopic (exact) mass is 1210 g/mol. The van der Waals surface area contributed by atoms with Gasteiger partial charge >= 0.3 is 5.97 Å². The third kappa shape index (κ3) is 71.2. The van der Waals surface area contributed by atoms with E-state index in [0.29, 0.717) is 19.4 Å². The molecule has 3 N–H and O–H groups in total. The molecule has 2 unspecified atom stereocenters. The predicted molar refractivity (Wildman–Crippen MR) is 379 cm³/mol. The Kier molecular flexibility index (Phi) is 73.9. The molecule has 0 bridgehead atoms. The molecule has 0 aliphatic rings. The second-order valence-electron chi connectivity index (χ2n) is 27.0. The number of allylic oxidation sites excluding steroid dienone is 5. The van der Waals surface area contributed by atoms with Gasteiger partial charge in [-0.1, -0.05) is 378 Å². The van der Waals surface area contributed by atoms with Gasteiger partial charge in [0.05, 0.1) is 25.4 Å². The van der Waals surface area contributed by atoms with Gasteiger partial charge in [-0.25, -0.2) is 0 Å². The number of amides is 1. The molecule has 0 saturated carbocycles. The topological polar surface area (TPSA) is 95.9 Å². The Labute approximate surface area is 538 Å². The van der Waals surface area contributed by atoms with Crippen molar-refractivity contribution < 1.29 is 24.5 Å². The number of aliphatic hydroxyl groups is 2. The van der Waals surface area contributed by atoms with Crippen LogP contribution < -0.4 is 5.32 Å². The van der Waals surface area contributed by atoms with Crippen molar-refractivity contribution in [2.45, 2.75) is 450 Å². The molecule has 0 aromatic carbocycles. The van der Waals surface area contributed by atoms with Crippen LogP contribution in [0.15, 0.2) is 36.5 Å². The number of nitrogens with one attached hydrogen (secondary N) is 1. The SMILES string of the molecule is CCCCCC/C=C\CCCCCCCC(=O)OCCCCCCCCCCCCCCCC/C=C\CCCCCCCCCCCCCCCCCCCC(=O)NC(CO)C(O)/C=C/CCCCCCCCCCCCCCCCCCCCC. The highest BCUT2D eigenvalue weighted by atomic mass is 16.5. The van der Waals surface area contributed by atoms with E-state index >= 15 is 0 Å². The Morgan fingerprint density at radius 2 is 0.547 bits per heavy atom. The minimum atomic E-state index is -0.843. The average Bonchev–Trinajstić information content (AvgIpc) is 3.55. The van der Waals surface area contributed by atoms with Gasteiger partial charge in [0.15, 0.2) is 0 Å². The molecule has 508 valence electrons. The van der Waals surface area contributed by atoms with Crippen molar-refractivity contribution in [2.75, 3.05) is 13.2 Å². The van der Waals surface area contributed by atoms with E-state index in [9.17, 15) is 19.8 Å². The largest absolute Gasteiger partial charge is 0.466 e. The fourth-order valence-corrected chi connectivity index (χ4v) is 12.4. The second-order valence-corrected chi connectivity index (χ2v) is 27.0. The van der Waals surface area contributed by atoms with Crippen molar-refractivity contribution in [3.8, 4) is 0 Å². The fourth-order valence-electron chi connectivity index (χ4n) is 12.4. The average molecular weight is 1210 g/mol. The molecule has 6 nitrogen and oxygen atoms in total. The Hall–Kier alpha value is -1.92. The first-order valence-corrected chi connectivity index (χ1v) is 39.3. The van der Waals surface area contributed by atoms with Gasteiger partial charge in [-0.15, -0.1) is 0 Å². The summed E-state index contributed by atoms with van der Waals surface area (Å²) < 4.78 is 5.49. The van der Waals surface area contributed by atoms with Gasteiger partial charge in [-0.2, -0.15) is 0 Å². The van der Waals surface area contributed by atoms with Gasteiger partial charge in [0, 0.05) is 12.8 Å². The number of carbonyl (C=O) groups is 2. The summed E-state index contributed by atoms with van der Waals surface area (Å²) in [5.41, 5.74) is 0. The molecular formula is C80H153NO5. The summed E-state index contributed by atoms with van der Waals surface area (Å²) in [6.45, 7) is 4.93. The molecule has 0 radical (unpaired) electrons. The maximum atomic E-state index is 12.5. The summed E-state index contributed by atoms with van der Waals surface area (Å²) in [4.78, 5) is 24.6. The van der Waals surface area contributed by atoms with Gasteiger partial charge in [-0.05, 0) is 83.5 Å². The molecule has 0 fully saturated rings. The quantitative estimate of drug-likeness (QED) is 0.0320. The number of unbranched alkanes of at least 4 members (excludes halogenated alkanes) is 59. The van der Waals surface area contributed by atoms with Gasteiger partial charge in [0.25, 0.3) is 0 Å². The van der Waals surface area contributed by atoms with Crippen LogP contribution in [0.4, 0.5) is 0 Å². The molecule has 86 heavy (non-hydrogen) atoms. The van der Waals surface area contributed by atoms with Crippen LogP contribution in [0.3, 0.4) is 0 Å². The highest BCUT2D eigenvalue weighted by molar-refractivity contribution is 5.76. The number of hydrogen-bond acceptors (Lipinski definition) is 5. The smallest absolute Gasteiger partial charge is 0.305 e. The summed E-state index contributed by atoms with van der Waals surface area (Å²) in [5, 5.41) is 23.3. The standard InChI is InChI=1S/C80H153NO5/c1-3-5-7-9-11-13-15-17-18-19-20-36-39-42-45-49-52-56-60-64-68-72-78(83)77(76-82)81-79(84)73-69-65-61-57-53-50-46-43-40-37-34-32-30-28-26-24-22-21-23-25-27-29-31-33-35-38-41-44-47-51-55-59-63-67-71-75-86-80(85)74-70-66-62-58-54-48-16-14-12-10-8-6-4-2/h14,16,23,25,68,72,77-78,82-83H,3-13,15,17-22,24,26-67,69-71,73-76H2,1-2H3,(H,81,84)/b16-14-,25-23-,72-68+.